The van der Waals surface area contributed by atoms with Crippen molar-refractivity contribution in [3.8, 4) is 17.2 Å². The molecule has 2 heterocycles. The number of para-hydroxylation sites is 1. The number of halogens is 1. The highest BCUT2D eigenvalue weighted by Gasteiger charge is 2.11. The Morgan fingerprint density at radius 1 is 1.11 bits per heavy atom. The second-order valence-corrected chi connectivity index (χ2v) is 5.19. The monoisotopic (exact) mass is 332 g/mol. The number of aromatic nitrogens is 4. The summed E-state index contributed by atoms with van der Waals surface area (Å²) in [6.45, 7) is 0. The highest BCUT2D eigenvalue weighted by atomic mass is 79.9. The van der Waals surface area contributed by atoms with Crippen LogP contribution in [-0.2, 0) is 0 Å². The van der Waals surface area contributed by atoms with E-state index >= 15 is 0 Å². The van der Waals surface area contributed by atoms with Crippen molar-refractivity contribution in [3.05, 3.63) is 57.9 Å². The Balaban J connectivity index is 2.19. The highest BCUT2D eigenvalue weighted by molar-refractivity contribution is 9.10. The van der Waals surface area contributed by atoms with Crippen LogP contribution >= 0.6 is 28.1 Å². The van der Waals surface area contributed by atoms with Gasteiger partial charge in [0.05, 0.1) is 5.69 Å². The van der Waals surface area contributed by atoms with E-state index in [0.29, 0.717) is 10.6 Å². The predicted molar refractivity (Wildman–Crippen MR) is 79.7 cm³/mol. The van der Waals surface area contributed by atoms with E-state index in [-0.39, 0.29) is 0 Å². The Hall–Kier alpha value is -1.79. The maximum atomic E-state index is 5.29. The van der Waals surface area contributed by atoms with Gasteiger partial charge in [0.15, 0.2) is 10.6 Å². The predicted octanol–water partition coefficient (Wildman–Crippen LogP) is 3.75. The average Bonchev–Trinajstić information content (AvgIpc) is 2.82. The number of rotatable bonds is 2. The summed E-state index contributed by atoms with van der Waals surface area (Å²) in [7, 11) is 0. The van der Waals surface area contributed by atoms with Crippen molar-refractivity contribution in [3.63, 3.8) is 0 Å². The van der Waals surface area contributed by atoms with Gasteiger partial charge < -0.3 is 0 Å². The van der Waals surface area contributed by atoms with Crippen molar-refractivity contribution in [2.75, 3.05) is 0 Å². The summed E-state index contributed by atoms with van der Waals surface area (Å²) in [4.78, 5) is 4.35. The van der Waals surface area contributed by atoms with Crippen molar-refractivity contribution < 1.29 is 0 Å². The average molecular weight is 333 g/mol. The normalized spacial score (nSPS) is 10.6. The van der Waals surface area contributed by atoms with E-state index in [1.807, 2.05) is 47.0 Å². The van der Waals surface area contributed by atoms with Crippen LogP contribution in [0.4, 0.5) is 0 Å². The fraction of sp³-hybridized carbons (Fsp3) is 0. The molecule has 0 fully saturated rings. The summed E-state index contributed by atoms with van der Waals surface area (Å²) in [5, 5.41) is 7.07. The standard InChI is InChI=1S/C13H9BrN4S/c14-9-6-7-11(15-8-9)12-16-17-13(19)18(12)10-4-2-1-3-5-10/h1-8H,(H,17,19). The molecule has 0 radical (unpaired) electrons. The van der Waals surface area contributed by atoms with Crippen LogP contribution in [0.2, 0.25) is 0 Å². The first kappa shape index (κ1) is 12.3. The van der Waals surface area contributed by atoms with E-state index < -0.39 is 0 Å². The first-order valence-corrected chi connectivity index (χ1v) is 6.80. The lowest BCUT2D eigenvalue weighted by atomic mass is 10.3. The minimum Gasteiger partial charge on any atom is -0.267 e. The van der Waals surface area contributed by atoms with Crippen LogP contribution in [0, 0.1) is 4.77 Å². The maximum absolute atomic E-state index is 5.29. The Bertz CT molecular complexity index is 746. The molecule has 19 heavy (non-hydrogen) atoms. The van der Waals surface area contributed by atoms with Crippen LogP contribution < -0.4 is 0 Å². The lowest BCUT2D eigenvalue weighted by molar-refractivity contribution is 1.03. The zero-order chi connectivity index (χ0) is 13.2. The van der Waals surface area contributed by atoms with Crippen molar-refractivity contribution in [2.24, 2.45) is 0 Å². The van der Waals surface area contributed by atoms with Crippen LogP contribution in [0.25, 0.3) is 17.2 Å². The van der Waals surface area contributed by atoms with Gasteiger partial charge in [-0.2, -0.15) is 5.10 Å². The molecule has 0 unspecified atom stereocenters. The van der Waals surface area contributed by atoms with Crippen LogP contribution in [0.3, 0.4) is 0 Å². The number of H-pyrrole nitrogens is 1. The molecule has 0 saturated heterocycles. The summed E-state index contributed by atoms with van der Waals surface area (Å²) < 4.78 is 3.34. The quantitative estimate of drug-likeness (QED) is 0.727. The van der Waals surface area contributed by atoms with Gasteiger partial charge in [-0.3, -0.25) is 14.6 Å². The lowest BCUT2D eigenvalue weighted by Crippen LogP contribution is -1.98. The molecular formula is C13H9BrN4S. The molecule has 0 aliphatic carbocycles. The van der Waals surface area contributed by atoms with E-state index in [1.54, 1.807) is 6.20 Å². The van der Waals surface area contributed by atoms with Crippen molar-refractivity contribution >= 4 is 28.1 Å². The molecule has 94 valence electrons. The molecule has 6 heteroatoms. The number of nitrogens with zero attached hydrogens (tertiary/aromatic N) is 3. The largest absolute Gasteiger partial charge is 0.267 e. The molecule has 3 rings (SSSR count). The Kier molecular flexibility index (Phi) is 3.27. The minimum atomic E-state index is 0.547. The first-order chi connectivity index (χ1) is 9.25. The molecule has 0 aliphatic heterocycles. The SMILES string of the molecule is S=c1[nH]nc(-c2ccc(Br)cn2)n1-c1ccccc1. The number of hydrogen-bond donors (Lipinski definition) is 1. The molecule has 0 bridgehead atoms. The highest BCUT2D eigenvalue weighted by Crippen LogP contribution is 2.20. The molecule has 0 spiro atoms. The summed E-state index contributed by atoms with van der Waals surface area (Å²) in [6.07, 6.45) is 1.74. The van der Waals surface area contributed by atoms with Gasteiger partial charge in [0, 0.05) is 10.7 Å². The van der Waals surface area contributed by atoms with E-state index in [2.05, 4.69) is 31.1 Å². The van der Waals surface area contributed by atoms with Crippen LogP contribution in [0.1, 0.15) is 0 Å². The number of benzene rings is 1. The topological polar surface area (TPSA) is 46.5 Å². The second-order valence-electron chi connectivity index (χ2n) is 3.88. The molecule has 3 aromatic rings. The molecule has 4 nitrogen and oxygen atoms in total. The van der Waals surface area contributed by atoms with Gasteiger partial charge in [-0.05, 0) is 52.4 Å². The molecule has 0 amide bonds. The van der Waals surface area contributed by atoms with E-state index in [9.17, 15) is 0 Å². The van der Waals surface area contributed by atoms with Gasteiger partial charge >= 0.3 is 0 Å². The minimum absolute atomic E-state index is 0.547. The van der Waals surface area contributed by atoms with Crippen LogP contribution in [0.15, 0.2) is 53.1 Å². The van der Waals surface area contributed by atoms with Crippen molar-refractivity contribution in [1.29, 1.82) is 0 Å². The first-order valence-electron chi connectivity index (χ1n) is 5.60. The molecule has 0 saturated carbocycles. The van der Waals surface area contributed by atoms with Gasteiger partial charge in [-0.1, -0.05) is 18.2 Å². The fourth-order valence-corrected chi connectivity index (χ4v) is 2.27. The van der Waals surface area contributed by atoms with Crippen LogP contribution in [0.5, 0.6) is 0 Å². The van der Waals surface area contributed by atoms with Gasteiger partial charge in [-0.15, -0.1) is 0 Å². The number of nitrogens with one attached hydrogen (secondary N) is 1. The third-order valence-corrected chi connectivity index (χ3v) is 3.39. The third-order valence-electron chi connectivity index (χ3n) is 2.64. The smallest absolute Gasteiger partial charge is 0.200 e. The van der Waals surface area contributed by atoms with Crippen molar-refractivity contribution in [1.82, 2.24) is 19.7 Å². The summed E-state index contributed by atoms with van der Waals surface area (Å²) >= 11 is 8.66. The maximum Gasteiger partial charge on any atom is 0.200 e. The molecule has 2 aromatic heterocycles. The van der Waals surface area contributed by atoms with E-state index in [4.69, 9.17) is 12.2 Å². The Labute approximate surface area is 123 Å². The van der Waals surface area contributed by atoms with Crippen LogP contribution in [-0.4, -0.2) is 19.7 Å². The zero-order valence-corrected chi connectivity index (χ0v) is 12.1. The zero-order valence-electron chi connectivity index (χ0n) is 9.75. The fourth-order valence-electron chi connectivity index (χ4n) is 1.79. The molecule has 0 atom stereocenters. The van der Waals surface area contributed by atoms with Crippen molar-refractivity contribution in [2.45, 2.75) is 0 Å². The van der Waals surface area contributed by atoms with E-state index in [1.165, 1.54) is 0 Å². The second kappa shape index (κ2) is 5.07. The molecule has 0 aliphatic rings. The van der Waals surface area contributed by atoms with Gasteiger partial charge in [0.1, 0.15) is 5.69 Å². The van der Waals surface area contributed by atoms with Gasteiger partial charge in [-0.25, -0.2) is 0 Å². The third kappa shape index (κ3) is 2.36. The molecular weight excluding hydrogens is 324 g/mol. The number of pyridine rings is 1. The summed E-state index contributed by atoms with van der Waals surface area (Å²) in [6, 6.07) is 13.7. The van der Waals surface area contributed by atoms with E-state index in [0.717, 1.165) is 15.9 Å². The Morgan fingerprint density at radius 3 is 2.58 bits per heavy atom. The lowest BCUT2D eigenvalue weighted by Gasteiger charge is -2.05. The molecule has 1 aromatic carbocycles. The summed E-state index contributed by atoms with van der Waals surface area (Å²) in [5.41, 5.74) is 1.72. The summed E-state index contributed by atoms with van der Waals surface area (Å²) in [5.74, 6) is 0.698. The number of aromatic amines is 1. The van der Waals surface area contributed by atoms with Gasteiger partial charge in [0.25, 0.3) is 0 Å². The number of hydrogen-bond acceptors (Lipinski definition) is 3. The van der Waals surface area contributed by atoms with Gasteiger partial charge in [0.2, 0.25) is 0 Å². The molecule has 1 N–H and O–H groups in total. The Morgan fingerprint density at radius 2 is 1.89 bits per heavy atom.